The van der Waals surface area contributed by atoms with Gasteiger partial charge in [-0.2, -0.15) is 0 Å². The Balaban J connectivity index is 2.24. The van der Waals surface area contributed by atoms with E-state index in [4.69, 9.17) is 5.11 Å². The molecule has 1 aliphatic rings. The van der Waals surface area contributed by atoms with Gasteiger partial charge in [-0.15, -0.1) is 0 Å². The highest BCUT2D eigenvalue weighted by molar-refractivity contribution is 5.72. The van der Waals surface area contributed by atoms with Crippen LogP contribution in [0.15, 0.2) is 12.3 Å². The molecule has 0 saturated carbocycles. The zero-order valence-electron chi connectivity index (χ0n) is 9.05. The lowest BCUT2D eigenvalue weighted by Crippen LogP contribution is -2.27. The van der Waals surface area contributed by atoms with Gasteiger partial charge in [-0.1, -0.05) is 6.08 Å². The van der Waals surface area contributed by atoms with Gasteiger partial charge < -0.3 is 10.0 Å². The van der Waals surface area contributed by atoms with Crippen molar-refractivity contribution in [3.63, 3.8) is 0 Å². The molecule has 0 fully saturated rings. The predicted molar refractivity (Wildman–Crippen MR) is 60.3 cm³/mol. The number of aromatic nitrogens is 2. The van der Waals surface area contributed by atoms with Gasteiger partial charge in [-0.3, -0.25) is 4.79 Å². The molecule has 16 heavy (non-hydrogen) atoms. The lowest BCUT2D eigenvalue weighted by Gasteiger charge is -2.16. The number of carboxylic acid groups (broad SMARTS) is 1. The van der Waals surface area contributed by atoms with E-state index >= 15 is 0 Å². The summed E-state index contributed by atoms with van der Waals surface area (Å²) in [5.41, 5.74) is 2.02. The molecule has 1 N–H and O–H groups in total. The molecule has 0 saturated heterocycles. The summed E-state index contributed by atoms with van der Waals surface area (Å²) in [6.45, 7) is -0.0947. The first-order chi connectivity index (χ1) is 7.66. The van der Waals surface area contributed by atoms with Crippen molar-refractivity contribution in [2.75, 3.05) is 18.5 Å². The van der Waals surface area contributed by atoms with E-state index in [0.717, 1.165) is 24.1 Å². The van der Waals surface area contributed by atoms with Crippen molar-refractivity contribution in [3.05, 3.63) is 23.5 Å². The molecule has 1 aromatic heterocycles. The molecule has 1 aliphatic carbocycles. The van der Waals surface area contributed by atoms with E-state index in [0.29, 0.717) is 5.95 Å². The van der Waals surface area contributed by atoms with Crippen LogP contribution in [0.3, 0.4) is 0 Å². The Morgan fingerprint density at radius 1 is 1.62 bits per heavy atom. The Morgan fingerprint density at radius 3 is 3.19 bits per heavy atom. The second-order valence-corrected chi connectivity index (χ2v) is 3.77. The fourth-order valence-corrected chi connectivity index (χ4v) is 1.64. The third-order valence-corrected chi connectivity index (χ3v) is 2.46. The number of fused-ring (bicyclic) bond motifs is 1. The maximum absolute atomic E-state index is 10.6. The molecule has 0 aromatic carbocycles. The summed E-state index contributed by atoms with van der Waals surface area (Å²) in [6, 6.07) is 0. The second-order valence-electron chi connectivity index (χ2n) is 3.77. The number of carboxylic acids is 1. The quantitative estimate of drug-likeness (QED) is 0.820. The maximum Gasteiger partial charge on any atom is 0.323 e. The molecule has 0 aliphatic heterocycles. The molecule has 0 unspecified atom stereocenters. The fourth-order valence-electron chi connectivity index (χ4n) is 1.64. The number of rotatable bonds is 3. The van der Waals surface area contributed by atoms with Gasteiger partial charge >= 0.3 is 5.97 Å². The highest BCUT2D eigenvalue weighted by Crippen LogP contribution is 2.18. The van der Waals surface area contributed by atoms with Crippen LogP contribution in [-0.2, 0) is 11.2 Å². The van der Waals surface area contributed by atoms with E-state index in [1.165, 1.54) is 4.90 Å². The number of anilines is 1. The molecule has 0 bridgehead atoms. The minimum Gasteiger partial charge on any atom is -0.480 e. The molecular weight excluding hydrogens is 206 g/mol. The Kier molecular flexibility index (Phi) is 2.85. The summed E-state index contributed by atoms with van der Waals surface area (Å²) in [6.07, 6.45) is 7.77. The molecule has 1 aromatic rings. The minimum absolute atomic E-state index is 0.0947. The zero-order valence-corrected chi connectivity index (χ0v) is 9.05. The first-order valence-corrected chi connectivity index (χ1v) is 5.12. The SMILES string of the molecule is CN(CC(=O)O)c1ncc2c(n1)C=CCC2. The number of hydrogen-bond donors (Lipinski definition) is 1. The first kappa shape index (κ1) is 10.6. The third kappa shape index (κ3) is 2.18. The van der Waals surface area contributed by atoms with E-state index in [1.807, 2.05) is 6.08 Å². The van der Waals surface area contributed by atoms with Crippen molar-refractivity contribution < 1.29 is 9.90 Å². The fraction of sp³-hybridized carbons (Fsp3) is 0.364. The Hall–Kier alpha value is -1.91. The second kappa shape index (κ2) is 4.30. The molecule has 1 heterocycles. The summed E-state index contributed by atoms with van der Waals surface area (Å²) in [5.74, 6) is -0.438. The number of likely N-dealkylation sites (N-methyl/N-ethyl adjacent to an activating group) is 1. The average molecular weight is 219 g/mol. The number of aryl methyl sites for hydroxylation is 1. The molecule has 0 atom stereocenters. The van der Waals surface area contributed by atoms with E-state index in [9.17, 15) is 4.79 Å². The molecule has 5 heteroatoms. The van der Waals surface area contributed by atoms with Crippen molar-refractivity contribution in [3.8, 4) is 0 Å². The number of carbonyl (C=O) groups is 1. The van der Waals surface area contributed by atoms with E-state index < -0.39 is 5.97 Å². The van der Waals surface area contributed by atoms with Crippen molar-refractivity contribution in [2.45, 2.75) is 12.8 Å². The van der Waals surface area contributed by atoms with E-state index in [-0.39, 0.29) is 6.54 Å². The first-order valence-electron chi connectivity index (χ1n) is 5.12. The summed E-state index contributed by atoms with van der Waals surface area (Å²) < 4.78 is 0. The Labute approximate surface area is 93.4 Å². The van der Waals surface area contributed by atoms with Gasteiger partial charge in [0.05, 0.1) is 5.69 Å². The van der Waals surface area contributed by atoms with E-state index in [1.54, 1.807) is 13.2 Å². The van der Waals surface area contributed by atoms with E-state index in [2.05, 4.69) is 16.0 Å². The minimum atomic E-state index is -0.889. The van der Waals surface area contributed by atoms with Crippen molar-refractivity contribution in [2.24, 2.45) is 0 Å². The van der Waals surface area contributed by atoms with Crippen LogP contribution >= 0.6 is 0 Å². The van der Waals surface area contributed by atoms with Gasteiger partial charge in [0.15, 0.2) is 0 Å². The van der Waals surface area contributed by atoms with Gasteiger partial charge in [0.2, 0.25) is 5.95 Å². The monoisotopic (exact) mass is 219 g/mol. The summed E-state index contributed by atoms with van der Waals surface area (Å²) in [4.78, 5) is 20.6. The van der Waals surface area contributed by atoms with Crippen LogP contribution in [0.2, 0.25) is 0 Å². The summed E-state index contributed by atoms with van der Waals surface area (Å²) in [7, 11) is 1.67. The highest BCUT2D eigenvalue weighted by Gasteiger charge is 2.12. The molecule has 84 valence electrons. The maximum atomic E-state index is 10.6. The Morgan fingerprint density at radius 2 is 2.44 bits per heavy atom. The molecule has 2 rings (SSSR count). The zero-order chi connectivity index (χ0) is 11.5. The van der Waals surface area contributed by atoms with Crippen LogP contribution in [0, 0.1) is 0 Å². The van der Waals surface area contributed by atoms with Crippen LogP contribution in [0.1, 0.15) is 17.7 Å². The molecular formula is C11H13N3O2. The van der Waals surface area contributed by atoms with Crippen LogP contribution in [0.4, 0.5) is 5.95 Å². The number of hydrogen-bond acceptors (Lipinski definition) is 4. The standard InChI is InChI=1S/C11H13N3O2/c1-14(7-10(15)16)11-12-6-8-4-2-3-5-9(8)13-11/h3,5-6H,2,4,7H2,1H3,(H,15,16). The molecule has 5 nitrogen and oxygen atoms in total. The number of allylic oxidation sites excluding steroid dienone is 1. The van der Waals surface area contributed by atoms with Crippen molar-refractivity contribution in [1.29, 1.82) is 0 Å². The molecule has 0 amide bonds. The van der Waals surface area contributed by atoms with Crippen LogP contribution in [0.25, 0.3) is 6.08 Å². The topological polar surface area (TPSA) is 66.3 Å². The number of aliphatic carboxylic acids is 1. The van der Waals surface area contributed by atoms with Gasteiger partial charge in [-0.25, -0.2) is 9.97 Å². The van der Waals surface area contributed by atoms with Crippen LogP contribution in [-0.4, -0.2) is 34.6 Å². The van der Waals surface area contributed by atoms with Crippen LogP contribution in [0.5, 0.6) is 0 Å². The lowest BCUT2D eigenvalue weighted by molar-refractivity contribution is -0.135. The normalized spacial score (nSPS) is 13.3. The van der Waals surface area contributed by atoms with Crippen molar-refractivity contribution in [1.82, 2.24) is 9.97 Å². The largest absolute Gasteiger partial charge is 0.480 e. The van der Waals surface area contributed by atoms with Crippen LogP contribution < -0.4 is 4.90 Å². The molecule has 0 spiro atoms. The summed E-state index contributed by atoms with van der Waals surface area (Å²) >= 11 is 0. The van der Waals surface area contributed by atoms with Crippen molar-refractivity contribution >= 4 is 18.0 Å². The van der Waals surface area contributed by atoms with Gasteiger partial charge in [-0.05, 0) is 24.5 Å². The smallest absolute Gasteiger partial charge is 0.323 e. The summed E-state index contributed by atoms with van der Waals surface area (Å²) in [5, 5.41) is 8.67. The van der Waals surface area contributed by atoms with Gasteiger partial charge in [0, 0.05) is 13.2 Å². The third-order valence-electron chi connectivity index (χ3n) is 2.46. The van der Waals surface area contributed by atoms with Gasteiger partial charge in [0.1, 0.15) is 6.54 Å². The Bertz CT molecular complexity index is 443. The highest BCUT2D eigenvalue weighted by atomic mass is 16.4. The predicted octanol–water partition coefficient (Wildman–Crippen LogP) is 0.957. The van der Waals surface area contributed by atoms with Gasteiger partial charge in [0.25, 0.3) is 0 Å². The average Bonchev–Trinajstić information content (AvgIpc) is 2.27. The molecule has 0 radical (unpaired) electrons. The lowest BCUT2D eigenvalue weighted by atomic mass is 10.0. The number of nitrogens with zero attached hydrogens (tertiary/aromatic N) is 3.